The minimum absolute atomic E-state index is 0.0210. The van der Waals surface area contributed by atoms with E-state index in [1.165, 1.54) is 19.3 Å². The molecule has 0 aromatic carbocycles. The van der Waals surface area contributed by atoms with Gasteiger partial charge >= 0.3 is 5.97 Å². The molecule has 6 nitrogen and oxygen atoms in total. The number of esters is 1. The van der Waals surface area contributed by atoms with Crippen molar-refractivity contribution in [1.82, 2.24) is 0 Å². The number of aliphatic hydroxyl groups is 3. The molecular weight excluding hydrogens is 428 g/mol. The Hall–Kier alpha value is -1.54. The lowest BCUT2D eigenvalue weighted by Crippen LogP contribution is -2.31. The molecule has 0 radical (unpaired) electrons. The predicted molar refractivity (Wildman–Crippen MR) is 111 cm³/mol. The summed E-state index contributed by atoms with van der Waals surface area (Å²) in [6.45, 7) is 2.04. The summed E-state index contributed by atoms with van der Waals surface area (Å²) < 4.78 is 4.74. The van der Waals surface area contributed by atoms with Crippen molar-refractivity contribution in [2.24, 2.45) is 0 Å². The van der Waals surface area contributed by atoms with E-state index in [0.29, 0.717) is 6.42 Å². The fourth-order valence-electron chi connectivity index (χ4n) is 2.78. The summed E-state index contributed by atoms with van der Waals surface area (Å²) in [5.41, 5.74) is -1.53. The molecule has 156 valence electrons. The largest absolute Gasteiger partial charge is 0.469 e. The summed E-state index contributed by atoms with van der Waals surface area (Å²) in [6, 6.07) is 0. The van der Waals surface area contributed by atoms with Crippen molar-refractivity contribution in [1.29, 1.82) is 0 Å². The zero-order valence-corrected chi connectivity index (χ0v) is 17.9. The Morgan fingerprint density at radius 1 is 1.29 bits per heavy atom. The molecule has 1 rings (SSSR count). The fourth-order valence-corrected chi connectivity index (χ4v) is 3.37. The normalized spacial score (nSPS) is 23.6. The molecule has 0 heterocycles. The number of halogens is 1. The molecule has 0 fully saturated rings. The number of methoxy groups -OCH3 is 1. The van der Waals surface area contributed by atoms with Crippen molar-refractivity contribution in [3.05, 3.63) is 46.5 Å². The number of Topliss-reactive ketones (excluding diaryl/α,β-unsaturated/α-hetero) is 1. The maximum absolute atomic E-state index is 12.4. The van der Waals surface area contributed by atoms with Crippen LogP contribution in [0, 0.1) is 0 Å². The summed E-state index contributed by atoms with van der Waals surface area (Å²) in [4.78, 5) is 23.5. The molecule has 0 aliphatic heterocycles. The molecule has 1 aliphatic rings. The minimum atomic E-state index is -1.55. The maximum atomic E-state index is 12.4. The van der Waals surface area contributed by atoms with Gasteiger partial charge in [0.2, 0.25) is 0 Å². The van der Waals surface area contributed by atoms with Crippen LogP contribution in [-0.4, -0.2) is 52.0 Å². The van der Waals surface area contributed by atoms with Gasteiger partial charge in [0.15, 0.2) is 5.78 Å². The first-order valence-corrected chi connectivity index (χ1v) is 10.1. The molecule has 0 aromatic heterocycles. The number of allylic oxidation sites excluding steroid dienone is 4. The van der Waals surface area contributed by atoms with Crippen LogP contribution in [0.4, 0.5) is 0 Å². The second-order valence-corrected chi connectivity index (χ2v) is 7.50. The molecule has 3 atom stereocenters. The standard InChI is InChI=1S/C21H29BrO6/c1-3-4-5-6-7-8-12-21(27)14-16(22)20(26)15(21)13-18(24)17(23)10-9-11-19(25)28-2/h4-5,7-8,13-14,17-18,23-24,27H,3,6,9-12H2,1-2H3. The lowest BCUT2D eigenvalue weighted by molar-refractivity contribution is -0.140. The highest BCUT2D eigenvalue weighted by atomic mass is 79.9. The molecule has 0 saturated heterocycles. The zero-order valence-electron chi connectivity index (χ0n) is 16.3. The van der Waals surface area contributed by atoms with E-state index in [-0.39, 0.29) is 29.3 Å². The van der Waals surface area contributed by atoms with Gasteiger partial charge in [-0.15, -0.1) is 0 Å². The fraction of sp³-hybridized carbons (Fsp3) is 0.524. The number of ether oxygens (including phenoxy) is 1. The summed E-state index contributed by atoms with van der Waals surface area (Å²) in [5.74, 6) is -0.823. The number of rotatable bonds is 11. The molecule has 1 aliphatic carbocycles. The van der Waals surface area contributed by atoms with Crippen LogP contribution in [0.2, 0.25) is 0 Å². The van der Waals surface area contributed by atoms with Gasteiger partial charge in [0, 0.05) is 18.4 Å². The second kappa shape index (κ2) is 12.1. The molecular formula is C21H29BrO6. The lowest BCUT2D eigenvalue weighted by atomic mass is 9.90. The zero-order chi connectivity index (χ0) is 21.2. The van der Waals surface area contributed by atoms with Crippen LogP contribution in [-0.2, 0) is 14.3 Å². The Labute approximate surface area is 174 Å². The monoisotopic (exact) mass is 456 g/mol. The molecule has 3 unspecified atom stereocenters. The van der Waals surface area contributed by atoms with E-state index in [1.807, 2.05) is 25.2 Å². The summed E-state index contributed by atoms with van der Waals surface area (Å²) in [7, 11) is 1.28. The highest BCUT2D eigenvalue weighted by Gasteiger charge is 2.41. The predicted octanol–water partition coefficient (Wildman–Crippen LogP) is 2.87. The van der Waals surface area contributed by atoms with Crippen molar-refractivity contribution < 1.29 is 29.6 Å². The quantitative estimate of drug-likeness (QED) is 0.251. The minimum Gasteiger partial charge on any atom is -0.469 e. The van der Waals surface area contributed by atoms with E-state index in [1.54, 1.807) is 6.08 Å². The van der Waals surface area contributed by atoms with Gasteiger partial charge in [-0.3, -0.25) is 9.59 Å². The first-order chi connectivity index (χ1) is 13.2. The van der Waals surface area contributed by atoms with E-state index < -0.39 is 29.6 Å². The summed E-state index contributed by atoms with van der Waals surface area (Å²) >= 11 is 3.14. The van der Waals surface area contributed by atoms with Gasteiger partial charge in [-0.05, 0) is 53.8 Å². The first kappa shape index (κ1) is 24.5. The first-order valence-electron chi connectivity index (χ1n) is 9.35. The molecule has 3 N–H and O–H groups in total. The van der Waals surface area contributed by atoms with Crippen LogP contribution in [0.5, 0.6) is 0 Å². The smallest absolute Gasteiger partial charge is 0.305 e. The van der Waals surface area contributed by atoms with Gasteiger partial charge in [-0.25, -0.2) is 0 Å². The van der Waals surface area contributed by atoms with Gasteiger partial charge in [0.1, 0.15) is 5.60 Å². The number of hydrogen-bond acceptors (Lipinski definition) is 6. The van der Waals surface area contributed by atoms with Crippen molar-refractivity contribution >= 4 is 27.7 Å². The Balaban J connectivity index is 2.78. The van der Waals surface area contributed by atoms with E-state index in [2.05, 4.69) is 20.7 Å². The molecule has 0 spiro atoms. The van der Waals surface area contributed by atoms with Crippen LogP contribution in [0.15, 0.2) is 46.5 Å². The molecule has 0 saturated carbocycles. The Kier molecular flexibility index (Phi) is 10.6. The topological polar surface area (TPSA) is 104 Å². The van der Waals surface area contributed by atoms with Gasteiger partial charge in [-0.1, -0.05) is 31.2 Å². The molecule has 7 heteroatoms. The Morgan fingerprint density at radius 2 is 1.96 bits per heavy atom. The number of carbonyl (C=O) groups excluding carboxylic acids is 2. The average molecular weight is 457 g/mol. The van der Waals surface area contributed by atoms with Gasteiger partial charge < -0.3 is 20.1 Å². The Morgan fingerprint density at radius 3 is 2.61 bits per heavy atom. The number of ketones is 1. The third-order valence-electron chi connectivity index (χ3n) is 4.40. The molecule has 0 bridgehead atoms. The third-order valence-corrected chi connectivity index (χ3v) is 4.99. The van der Waals surface area contributed by atoms with E-state index in [9.17, 15) is 24.9 Å². The molecule has 28 heavy (non-hydrogen) atoms. The van der Waals surface area contributed by atoms with Crippen LogP contribution in [0.1, 0.15) is 45.4 Å². The average Bonchev–Trinajstić information content (AvgIpc) is 2.87. The van der Waals surface area contributed by atoms with Gasteiger partial charge in [-0.2, -0.15) is 0 Å². The summed E-state index contributed by atoms with van der Waals surface area (Å²) in [6.07, 6.45) is 10.3. The van der Waals surface area contributed by atoms with Crippen molar-refractivity contribution in [3.8, 4) is 0 Å². The SMILES string of the molecule is CCC=CCC=CCC1(O)C=C(Br)C(=O)C1=CC(O)C(O)CCCC(=O)OC. The lowest BCUT2D eigenvalue weighted by Gasteiger charge is -2.23. The molecule has 0 amide bonds. The van der Waals surface area contributed by atoms with E-state index >= 15 is 0 Å². The van der Waals surface area contributed by atoms with Crippen LogP contribution in [0.25, 0.3) is 0 Å². The second-order valence-electron chi connectivity index (χ2n) is 6.64. The number of aliphatic hydroxyl groups excluding tert-OH is 2. The van der Waals surface area contributed by atoms with Crippen LogP contribution in [0.3, 0.4) is 0 Å². The van der Waals surface area contributed by atoms with Gasteiger partial charge in [0.25, 0.3) is 0 Å². The van der Waals surface area contributed by atoms with E-state index in [4.69, 9.17) is 0 Å². The van der Waals surface area contributed by atoms with Crippen LogP contribution >= 0.6 is 15.9 Å². The van der Waals surface area contributed by atoms with Crippen molar-refractivity contribution in [2.75, 3.05) is 7.11 Å². The number of hydrogen-bond donors (Lipinski definition) is 3. The Bertz CT molecular complexity index is 664. The van der Waals surface area contributed by atoms with Crippen molar-refractivity contribution in [2.45, 2.75) is 63.3 Å². The molecule has 0 aromatic rings. The summed E-state index contributed by atoms with van der Waals surface area (Å²) in [5, 5.41) is 31.2. The highest BCUT2D eigenvalue weighted by molar-refractivity contribution is 9.12. The van der Waals surface area contributed by atoms with Crippen LogP contribution < -0.4 is 0 Å². The van der Waals surface area contributed by atoms with E-state index in [0.717, 1.165) is 12.8 Å². The number of carbonyl (C=O) groups is 2. The highest BCUT2D eigenvalue weighted by Crippen LogP contribution is 2.37. The van der Waals surface area contributed by atoms with Crippen molar-refractivity contribution in [3.63, 3.8) is 0 Å². The maximum Gasteiger partial charge on any atom is 0.305 e. The van der Waals surface area contributed by atoms with Gasteiger partial charge in [0.05, 0.1) is 23.8 Å². The third kappa shape index (κ3) is 7.47.